The maximum Gasteiger partial charge on any atom is 0.0794 e. The van der Waals surface area contributed by atoms with Crippen molar-refractivity contribution in [1.82, 2.24) is 15.3 Å². The van der Waals surface area contributed by atoms with Crippen LogP contribution in [0.3, 0.4) is 0 Å². The van der Waals surface area contributed by atoms with Gasteiger partial charge >= 0.3 is 0 Å². The predicted molar refractivity (Wildman–Crippen MR) is 84.0 cm³/mol. The van der Waals surface area contributed by atoms with Crippen LogP contribution in [0.2, 0.25) is 0 Å². The third kappa shape index (κ3) is 2.86. The molecule has 2 aromatic heterocycles. The van der Waals surface area contributed by atoms with E-state index >= 15 is 0 Å². The number of fused-ring (bicyclic) bond motifs is 1. The maximum atomic E-state index is 4.38. The van der Waals surface area contributed by atoms with E-state index in [1.807, 2.05) is 24.0 Å². The molecule has 1 aromatic carbocycles. The molecule has 1 unspecified atom stereocenters. The molecule has 2 heterocycles. The molecule has 0 aliphatic rings. The number of nitrogens with one attached hydrogen (secondary N) is 1. The van der Waals surface area contributed by atoms with E-state index in [4.69, 9.17) is 0 Å². The molecule has 0 amide bonds. The lowest BCUT2D eigenvalue weighted by atomic mass is 10.0. The zero-order chi connectivity index (χ0) is 13.8. The number of rotatable bonds is 5. The smallest absolute Gasteiger partial charge is 0.0794 e. The van der Waals surface area contributed by atoms with Crippen molar-refractivity contribution < 1.29 is 0 Å². The van der Waals surface area contributed by atoms with Gasteiger partial charge in [-0.3, -0.25) is 9.97 Å². The summed E-state index contributed by atoms with van der Waals surface area (Å²) in [5, 5.41) is 4.75. The van der Waals surface area contributed by atoms with Crippen LogP contribution in [-0.2, 0) is 6.42 Å². The zero-order valence-electron chi connectivity index (χ0n) is 11.4. The van der Waals surface area contributed by atoms with Gasteiger partial charge in [0.05, 0.1) is 11.0 Å². The number of hydrogen-bond acceptors (Lipinski definition) is 4. The number of likely N-dealkylation sites (N-methyl/N-ethyl adjacent to an activating group) is 1. The largest absolute Gasteiger partial charge is 0.310 e. The van der Waals surface area contributed by atoms with Crippen LogP contribution in [0.15, 0.2) is 48.2 Å². The van der Waals surface area contributed by atoms with Gasteiger partial charge in [-0.2, -0.15) is 0 Å². The Kier molecular flexibility index (Phi) is 4.04. The highest BCUT2D eigenvalue weighted by atomic mass is 32.1. The van der Waals surface area contributed by atoms with E-state index in [1.165, 1.54) is 15.8 Å². The fourth-order valence-corrected chi connectivity index (χ4v) is 3.05. The molecule has 0 spiro atoms. The molecule has 102 valence electrons. The summed E-state index contributed by atoms with van der Waals surface area (Å²) in [5.41, 5.74) is 4.24. The van der Waals surface area contributed by atoms with E-state index in [1.54, 1.807) is 11.3 Å². The standard InChI is InChI=1S/C16H17N3S/c1-2-18-16(9-14-10-17-11-20-14)13-5-6-15-12(8-13)4-3-7-19-15/h3-8,10-11,16,18H,2,9H2,1H3. The number of thiazole rings is 1. The minimum atomic E-state index is 0.324. The van der Waals surface area contributed by atoms with E-state index in [2.05, 4.69) is 46.5 Å². The Hall–Kier alpha value is -1.78. The number of aromatic nitrogens is 2. The third-order valence-corrected chi connectivity index (χ3v) is 4.17. The average Bonchev–Trinajstić information content (AvgIpc) is 2.99. The summed E-state index contributed by atoms with van der Waals surface area (Å²) < 4.78 is 0. The van der Waals surface area contributed by atoms with Gasteiger partial charge in [-0.05, 0) is 30.3 Å². The molecule has 1 N–H and O–H groups in total. The SMILES string of the molecule is CCNC(Cc1cncs1)c1ccc2ncccc2c1. The van der Waals surface area contributed by atoms with Crippen molar-refractivity contribution in [3.8, 4) is 0 Å². The summed E-state index contributed by atoms with van der Waals surface area (Å²) in [7, 11) is 0. The molecule has 0 saturated heterocycles. The van der Waals surface area contributed by atoms with Crippen LogP contribution in [-0.4, -0.2) is 16.5 Å². The van der Waals surface area contributed by atoms with Gasteiger partial charge in [-0.25, -0.2) is 0 Å². The van der Waals surface area contributed by atoms with Crippen LogP contribution in [0.5, 0.6) is 0 Å². The highest BCUT2D eigenvalue weighted by molar-refractivity contribution is 7.09. The fraction of sp³-hybridized carbons (Fsp3) is 0.250. The predicted octanol–water partition coefficient (Wildman–Crippen LogP) is 3.58. The molecule has 0 aliphatic carbocycles. The quantitative estimate of drug-likeness (QED) is 0.777. The van der Waals surface area contributed by atoms with Gasteiger partial charge in [0.15, 0.2) is 0 Å². The van der Waals surface area contributed by atoms with Gasteiger partial charge in [0.1, 0.15) is 0 Å². The summed E-state index contributed by atoms with van der Waals surface area (Å²) in [4.78, 5) is 9.84. The lowest BCUT2D eigenvalue weighted by molar-refractivity contribution is 0.553. The average molecular weight is 283 g/mol. The maximum absolute atomic E-state index is 4.38. The van der Waals surface area contributed by atoms with Crippen LogP contribution < -0.4 is 5.32 Å². The van der Waals surface area contributed by atoms with Crippen molar-refractivity contribution in [1.29, 1.82) is 0 Å². The van der Waals surface area contributed by atoms with Gasteiger partial charge in [0, 0.05) is 35.1 Å². The molecule has 0 aliphatic heterocycles. The second kappa shape index (κ2) is 6.11. The molecule has 3 rings (SSSR count). The Morgan fingerprint density at radius 3 is 3.05 bits per heavy atom. The molecular weight excluding hydrogens is 266 g/mol. The van der Waals surface area contributed by atoms with Gasteiger partial charge in [0.2, 0.25) is 0 Å². The first-order valence-electron chi connectivity index (χ1n) is 6.82. The van der Waals surface area contributed by atoms with Crippen molar-refractivity contribution in [2.75, 3.05) is 6.54 Å². The number of pyridine rings is 1. The summed E-state index contributed by atoms with van der Waals surface area (Å²) in [6.45, 7) is 3.09. The third-order valence-electron chi connectivity index (χ3n) is 3.37. The van der Waals surface area contributed by atoms with Gasteiger partial charge in [-0.1, -0.05) is 19.1 Å². The van der Waals surface area contributed by atoms with Gasteiger partial charge in [0.25, 0.3) is 0 Å². The van der Waals surface area contributed by atoms with Crippen molar-refractivity contribution in [3.63, 3.8) is 0 Å². The highest BCUT2D eigenvalue weighted by Gasteiger charge is 2.12. The molecule has 20 heavy (non-hydrogen) atoms. The van der Waals surface area contributed by atoms with Gasteiger partial charge < -0.3 is 5.32 Å². The number of benzene rings is 1. The van der Waals surface area contributed by atoms with Crippen molar-refractivity contribution in [2.45, 2.75) is 19.4 Å². The Morgan fingerprint density at radius 2 is 2.25 bits per heavy atom. The number of nitrogens with zero attached hydrogens (tertiary/aromatic N) is 2. The summed E-state index contributed by atoms with van der Waals surface area (Å²) in [6.07, 6.45) is 4.77. The Labute approximate surface area is 122 Å². The number of hydrogen-bond donors (Lipinski definition) is 1. The van der Waals surface area contributed by atoms with E-state index in [9.17, 15) is 0 Å². The van der Waals surface area contributed by atoms with E-state index in [0.29, 0.717) is 6.04 Å². The first-order chi connectivity index (χ1) is 9.86. The van der Waals surface area contributed by atoms with Crippen molar-refractivity contribution in [2.24, 2.45) is 0 Å². The van der Waals surface area contributed by atoms with Crippen molar-refractivity contribution >= 4 is 22.2 Å². The molecule has 3 aromatic rings. The highest BCUT2D eigenvalue weighted by Crippen LogP contribution is 2.23. The lowest BCUT2D eigenvalue weighted by Crippen LogP contribution is -2.22. The first kappa shape index (κ1) is 13.2. The minimum absolute atomic E-state index is 0.324. The van der Waals surface area contributed by atoms with Crippen LogP contribution in [0, 0.1) is 0 Å². The monoisotopic (exact) mass is 283 g/mol. The van der Waals surface area contributed by atoms with Crippen LogP contribution >= 0.6 is 11.3 Å². The summed E-state index contributed by atoms with van der Waals surface area (Å²) >= 11 is 1.71. The molecule has 3 nitrogen and oxygen atoms in total. The normalized spacial score (nSPS) is 12.7. The summed E-state index contributed by atoms with van der Waals surface area (Å²) in [6, 6.07) is 10.9. The van der Waals surface area contributed by atoms with Crippen LogP contribution in [0.25, 0.3) is 10.9 Å². The second-order valence-electron chi connectivity index (χ2n) is 4.74. The van der Waals surface area contributed by atoms with Crippen molar-refractivity contribution in [3.05, 3.63) is 58.7 Å². The van der Waals surface area contributed by atoms with Gasteiger partial charge in [-0.15, -0.1) is 11.3 Å². The zero-order valence-corrected chi connectivity index (χ0v) is 12.2. The minimum Gasteiger partial charge on any atom is -0.310 e. The Bertz CT molecular complexity index is 679. The Morgan fingerprint density at radius 1 is 1.30 bits per heavy atom. The molecule has 4 heteroatoms. The van der Waals surface area contributed by atoms with E-state index < -0.39 is 0 Å². The fourth-order valence-electron chi connectivity index (χ4n) is 2.41. The molecule has 1 atom stereocenters. The molecule has 0 fully saturated rings. The molecule has 0 radical (unpaired) electrons. The van der Waals surface area contributed by atoms with Crippen LogP contribution in [0.1, 0.15) is 23.4 Å². The molecular formula is C16H17N3S. The summed E-state index contributed by atoms with van der Waals surface area (Å²) in [5.74, 6) is 0. The second-order valence-corrected chi connectivity index (χ2v) is 5.71. The Balaban J connectivity index is 1.91. The topological polar surface area (TPSA) is 37.8 Å². The lowest BCUT2D eigenvalue weighted by Gasteiger charge is -2.18. The molecule has 0 bridgehead atoms. The molecule has 0 saturated carbocycles. The van der Waals surface area contributed by atoms with Crippen LogP contribution in [0.4, 0.5) is 0 Å². The first-order valence-corrected chi connectivity index (χ1v) is 7.70. The van der Waals surface area contributed by atoms with E-state index in [-0.39, 0.29) is 0 Å². The van der Waals surface area contributed by atoms with E-state index in [0.717, 1.165) is 18.5 Å².